The van der Waals surface area contributed by atoms with Crippen molar-refractivity contribution in [1.82, 2.24) is 4.90 Å². The molecule has 3 heteroatoms. The first kappa shape index (κ1) is 16.7. The van der Waals surface area contributed by atoms with E-state index in [1.807, 2.05) is 11.3 Å². The fraction of sp³-hybridized carbons (Fsp3) is 0.750. The van der Waals surface area contributed by atoms with Gasteiger partial charge in [-0.15, -0.1) is 11.3 Å². The quantitative estimate of drug-likeness (QED) is 0.687. The first-order valence-electron chi connectivity index (χ1n) is 7.68. The lowest BCUT2D eigenvalue weighted by molar-refractivity contribution is 0.156. The van der Waals surface area contributed by atoms with Crippen LogP contribution >= 0.6 is 11.3 Å². The summed E-state index contributed by atoms with van der Waals surface area (Å²) in [5.41, 5.74) is 6.06. The fourth-order valence-electron chi connectivity index (χ4n) is 2.50. The zero-order valence-electron chi connectivity index (χ0n) is 13.0. The van der Waals surface area contributed by atoms with E-state index in [1.54, 1.807) is 0 Å². The Morgan fingerprint density at radius 2 is 1.95 bits per heavy atom. The second-order valence-corrected chi connectivity index (χ2v) is 6.65. The van der Waals surface area contributed by atoms with Crippen LogP contribution in [-0.4, -0.2) is 24.0 Å². The summed E-state index contributed by atoms with van der Waals surface area (Å²) in [6, 6.07) is 5.48. The van der Waals surface area contributed by atoms with Gasteiger partial charge in [0.25, 0.3) is 0 Å². The molecule has 110 valence electrons. The van der Waals surface area contributed by atoms with Crippen LogP contribution in [-0.2, 0) is 6.42 Å². The normalized spacial score (nSPS) is 13.4. The molecule has 0 bridgehead atoms. The molecular formula is C16H30N2S. The van der Waals surface area contributed by atoms with Crippen LogP contribution < -0.4 is 5.73 Å². The highest BCUT2D eigenvalue weighted by Gasteiger charge is 2.22. The first-order valence-corrected chi connectivity index (χ1v) is 8.50. The van der Waals surface area contributed by atoms with Gasteiger partial charge in [0, 0.05) is 22.3 Å². The van der Waals surface area contributed by atoms with Gasteiger partial charge < -0.3 is 5.73 Å². The third kappa shape index (κ3) is 4.90. The van der Waals surface area contributed by atoms with Crippen LogP contribution in [0.2, 0.25) is 0 Å². The van der Waals surface area contributed by atoms with Crippen LogP contribution in [0.5, 0.6) is 0 Å². The van der Waals surface area contributed by atoms with Gasteiger partial charge in [-0.3, -0.25) is 4.90 Å². The molecule has 0 amide bonds. The molecule has 1 unspecified atom stereocenters. The van der Waals surface area contributed by atoms with E-state index < -0.39 is 0 Å². The second-order valence-electron chi connectivity index (χ2n) is 5.45. The topological polar surface area (TPSA) is 29.3 Å². The number of nitrogens with zero attached hydrogens (tertiary/aromatic N) is 1. The number of aryl methyl sites for hydroxylation is 1. The van der Waals surface area contributed by atoms with Gasteiger partial charge in [-0.05, 0) is 45.4 Å². The first-order chi connectivity index (χ1) is 9.13. The molecule has 0 aromatic carbocycles. The van der Waals surface area contributed by atoms with Crippen molar-refractivity contribution in [2.75, 3.05) is 13.1 Å². The summed E-state index contributed by atoms with van der Waals surface area (Å²) in [5.74, 6) is 0. The molecule has 19 heavy (non-hydrogen) atoms. The molecule has 1 aromatic rings. The third-order valence-corrected chi connectivity index (χ3v) is 5.00. The Balaban J connectivity index is 2.77. The molecule has 1 atom stereocenters. The lowest BCUT2D eigenvalue weighted by Gasteiger charge is -2.34. The number of hydrogen-bond donors (Lipinski definition) is 1. The molecule has 0 aliphatic carbocycles. The average Bonchev–Trinajstić information content (AvgIpc) is 2.86. The summed E-state index contributed by atoms with van der Waals surface area (Å²) in [4.78, 5) is 5.47. The average molecular weight is 282 g/mol. The van der Waals surface area contributed by atoms with E-state index >= 15 is 0 Å². The predicted molar refractivity (Wildman–Crippen MR) is 86.9 cm³/mol. The van der Waals surface area contributed by atoms with Crippen LogP contribution in [0.3, 0.4) is 0 Å². The van der Waals surface area contributed by atoms with E-state index in [0.717, 1.165) is 13.0 Å². The molecule has 2 nitrogen and oxygen atoms in total. The lowest BCUT2D eigenvalue weighted by atomic mass is 10.1. The van der Waals surface area contributed by atoms with Crippen LogP contribution in [0, 0.1) is 0 Å². The molecule has 2 N–H and O–H groups in total. The van der Waals surface area contributed by atoms with Gasteiger partial charge in [0.05, 0.1) is 6.04 Å². The van der Waals surface area contributed by atoms with Gasteiger partial charge in [-0.25, -0.2) is 0 Å². The van der Waals surface area contributed by atoms with Gasteiger partial charge in [-0.2, -0.15) is 0 Å². The molecule has 0 aliphatic heterocycles. The zero-order chi connectivity index (χ0) is 14.3. The van der Waals surface area contributed by atoms with Crippen molar-refractivity contribution < 1.29 is 0 Å². The minimum Gasteiger partial charge on any atom is -0.329 e. The van der Waals surface area contributed by atoms with E-state index in [9.17, 15) is 0 Å². The van der Waals surface area contributed by atoms with E-state index in [0.29, 0.717) is 18.6 Å². The molecule has 1 aromatic heterocycles. The van der Waals surface area contributed by atoms with Gasteiger partial charge in [0.1, 0.15) is 0 Å². The van der Waals surface area contributed by atoms with Crippen molar-refractivity contribution in [3.05, 3.63) is 21.9 Å². The van der Waals surface area contributed by atoms with E-state index in [2.05, 4.69) is 44.7 Å². The predicted octanol–water partition coefficient (Wildman–Crippen LogP) is 4.21. The highest BCUT2D eigenvalue weighted by molar-refractivity contribution is 7.12. The Labute approximate surface area is 123 Å². The Kier molecular flexibility index (Phi) is 7.66. The second kappa shape index (κ2) is 8.72. The van der Waals surface area contributed by atoms with Crippen molar-refractivity contribution in [3.63, 3.8) is 0 Å². The Morgan fingerprint density at radius 3 is 2.42 bits per heavy atom. The number of hydrogen-bond acceptors (Lipinski definition) is 3. The number of unbranched alkanes of at least 4 members (excludes halogenated alkanes) is 2. The van der Waals surface area contributed by atoms with E-state index in [4.69, 9.17) is 5.73 Å². The Bertz CT molecular complexity index is 346. The van der Waals surface area contributed by atoms with Gasteiger partial charge in [0.15, 0.2) is 0 Å². The summed E-state index contributed by atoms with van der Waals surface area (Å²) in [7, 11) is 0. The Morgan fingerprint density at radius 1 is 1.21 bits per heavy atom. The van der Waals surface area contributed by atoms with Crippen molar-refractivity contribution >= 4 is 11.3 Å². The fourth-order valence-corrected chi connectivity index (χ4v) is 3.58. The Hall–Kier alpha value is -0.380. The molecule has 0 spiro atoms. The largest absolute Gasteiger partial charge is 0.329 e. The van der Waals surface area contributed by atoms with E-state index in [1.165, 1.54) is 29.0 Å². The van der Waals surface area contributed by atoms with Crippen molar-refractivity contribution in [2.24, 2.45) is 5.73 Å². The minimum absolute atomic E-state index is 0.391. The maximum atomic E-state index is 6.06. The number of thiophene rings is 1. The van der Waals surface area contributed by atoms with Crippen LogP contribution in [0.25, 0.3) is 0 Å². The van der Waals surface area contributed by atoms with E-state index in [-0.39, 0.29) is 0 Å². The molecule has 0 saturated carbocycles. The maximum Gasteiger partial charge on any atom is 0.0566 e. The van der Waals surface area contributed by atoms with Crippen molar-refractivity contribution in [2.45, 2.75) is 65.5 Å². The van der Waals surface area contributed by atoms with Crippen molar-refractivity contribution in [1.29, 1.82) is 0 Å². The summed E-state index contributed by atoms with van der Waals surface area (Å²) >= 11 is 1.93. The van der Waals surface area contributed by atoms with Crippen molar-refractivity contribution in [3.8, 4) is 0 Å². The molecule has 0 radical (unpaired) electrons. The molecule has 1 rings (SSSR count). The summed E-state index contributed by atoms with van der Waals surface area (Å²) in [6.07, 6.45) is 4.99. The molecule has 0 saturated heterocycles. The summed E-state index contributed by atoms with van der Waals surface area (Å²) in [5, 5.41) is 0. The SMILES string of the molecule is CCCCCN(C(C)C)C(CN)c1ccc(CC)s1. The summed E-state index contributed by atoms with van der Waals surface area (Å²) in [6.45, 7) is 10.9. The lowest BCUT2D eigenvalue weighted by Crippen LogP contribution is -2.39. The smallest absolute Gasteiger partial charge is 0.0566 e. The van der Waals surface area contributed by atoms with Gasteiger partial charge in [0.2, 0.25) is 0 Å². The minimum atomic E-state index is 0.391. The number of rotatable bonds is 9. The maximum absolute atomic E-state index is 6.06. The standard InChI is InChI=1S/C16H30N2S/c1-5-7-8-11-18(13(3)4)15(12-17)16-10-9-14(6-2)19-16/h9-10,13,15H,5-8,11-12,17H2,1-4H3. The number of nitrogens with two attached hydrogens (primary N) is 1. The monoisotopic (exact) mass is 282 g/mol. The molecule has 0 aliphatic rings. The van der Waals surface area contributed by atoms with Crippen LogP contribution in [0.15, 0.2) is 12.1 Å². The van der Waals surface area contributed by atoms with Crippen LogP contribution in [0.4, 0.5) is 0 Å². The van der Waals surface area contributed by atoms with Crippen LogP contribution in [0.1, 0.15) is 62.8 Å². The molecular weight excluding hydrogens is 252 g/mol. The third-order valence-electron chi connectivity index (χ3n) is 3.67. The highest BCUT2D eigenvalue weighted by atomic mass is 32.1. The molecule has 0 fully saturated rings. The highest BCUT2D eigenvalue weighted by Crippen LogP contribution is 2.29. The zero-order valence-corrected chi connectivity index (χ0v) is 13.8. The van der Waals surface area contributed by atoms with Gasteiger partial charge >= 0.3 is 0 Å². The summed E-state index contributed by atoms with van der Waals surface area (Å²) < 4.78 is 0. The molecule has 1 heterocycles. The van der Waals surface area contributed by atoms with Gasteiger partial charge in [-0.1, -0.05) is 26.7 Å².